The minimum atomic E-state index is -1.68. The van der Waals surface area contributed by atoms with Crippen molar-refractivity contribution in [1.82, 2.24) is 0 Å². The molecule has 2 rings (SSSR count). The van der Waals surface area contributed by atoms with Crippen LogP contribution in [0.15, 0.2) is 42.5 Å². The van der Waals surface area contributed by atoms with Crippen molar-refractivity contribution in [2.24, 2.45) is 0 Å². The summed E-state index contributed by atoms with van der Waals surface area (Å²) in [7, 11) is 0. The molecule has 1 fully saturated rings. The third-order valence-electron chi connectivity index (χ3n) is 2.53. The average molecular weight is 243 g/mol. The predicted molar refractivity (Wildman–Crippen MR) is 59.7 cm³/mol. The molecule has 1 saturated heterocycles. The molecule has 0 aromatic heterocycles. The van der Waals surface area contributed by atoms with Crippen LogP contribution in [0.1, 0.15) is 12.0 Å². The fourth-order valence-electron chi connectivity index (χ4n) is 1.62. The molecule has 1 aliphatic heterocycles. The Morgan fingerprint density at radius 1 is 1.17 bits per heavy atom. The average Bonchev–Trinajstić information content (AvgIpc) is 2.37. The van der Waals surface area contributed by atoms with Gasteiger partial charge in [-0.15, -0.1) is 0 Å². The van der Waals surface area contributed by atoms with Crippen molar-refractivity contribution in [3.05, 3.63) is 48.0 Å². The van der Waals surface area contributed by atoms with Gasteiger partial charge in [0.05, 0.1) is 6.07 Å². The zero-order chi connectivity index (χ0) is 13.2. The van der Waals surface area contributed by atoms with Crippen LogP contribution in [0, 0.1) is 11.3 Å². The molecule has 5 nitrogen and oxygen atoms in total. The second kappa shape index (κ2) is 4.34. The van der Waals surface area contributed by atoms with Gasteiger partial charge < -0.3 is 9.47 Å². The third kappa shape index (κ3) is 1.84. The molecule has 1 heterocycles. The Hall–Kier alpha value is -2.61. The number of cyclic esters (lactones) is 2. The summed E-state index contributed by atoms with van der Waals surface area (Å²) in [5.41, 5.74) is 0.0558. The molecule has 0 bridgehead atoms. The van der Waals surface area contributed by atoms with Gasteiger partial charge in [-0.05, 0) is 0 Å². The molecule has 0 atom stereocenters. The normalized spacial score (nSPS) is 17.6. The number of carbonyl (C=O) groups is 2. The van der Waals surface area contributed by atoms with Crippen LogP contribution in [-0.2, 0) is 24.8 Å². The SMILES string of the molecule is C=C1C(=O)OC(CC#N)(c2ccccc2)OC1=O. The lowest BCUT2D eigenvalue weighted by molar-refractivity contribution is -0.239. The van der Waals surface area contributed by atoms with Crippen molar-refractivity contribution in [2.75, 3.05) is 0 Å². The van der Waals surface area contributed by atoms with Crippen LogP contribution in [-0.4, -0.2) is 11.9 Å². The van der Waals surface area contributed by atoms with Gasteiger partial charge in [-0.2, -0.15) is 5.26 Å². The van der Waals surface area contributed by atoms with Crippen LogP contribution >= 0.6 is 0 Å². The van der Waals surface area contributed by atoms with Crippen molar-refractivity contribution in [2.45, 2.75) is 12.2 Å². The van der Waals surface area contributed by atoms with E-state index in [0.717, 1.165) is 0 Å². The first-order valence-corrected chi connectivity index (χ1v) is 5.17. The standard InChI is InChI=1S/C13H9NO4/c1-9-11(15)17-13(7-8-14,18-12(9)16)10-5-3-2-4-6-10/h2-6H,1,7H2. The lowest BCUT2D eigenvalue weighted by Gasteiger charge is -2.34. The molecule has 0 amide bonds. The molecule has 0 radical (unpaired) electrons. The molecule has 18 heavy (non-hydrogen) atoms. The van der Waals surface area contributed by atoms with Crippen molar-refractivity contribution in [3.8, 4) is 6.07 Å². The lowest BCUT2D eigenvalue weighted by Crippen LogP contribution is -2.43. The Bertz CT molecular complexity index is 536. The van der Waals surface area contributed by atoms with Gasteiger partial charge in [-0.1, -0.05) is 36.9 Å². The molecule has 0 saturated carbocycles. The Balaban J connectivity index is 2.47. The number of carbonyl (C=O) groups excluding carboxylic acids is 2. The number of esters is 2. The second-order valence-electron chi connectivity index (χ2n) is 3.71. The maximum absolute atomic E-state index is 11.5. The second-order valence-corrected chi connectivity index (χ2v) is 3.71. The van der Waals surface area contributed by atoms with Gasteiger partial charge in [-0.3, -0.25) is 0 Å². The van der Waals surface area contributed by atoms with E-state index >= 15 is 0 Å². The highest BCUT2D eigenvalue weighted by Crippen LogP contribution is 2.35. The summed E-state index contributed by atoms with van der Waals surface area (Å²) in [6, 6.07) is 10.2. The minimum Gasteiger partial charge on any atom is -0.413 e. The highest BCUT2D eigenvalue weighted by atomic mass is 16.7. The zero-order valence-corrected chi connectivity index (χ0v) is 9.38. The van der Waals surface area contributed by atoms with Crippen LogP contribution in [0.3, 0.4) is 0 Å². The molecule has 1 aromatic rings. The van der Waals surface area contributed by atoms with E-state index in [2.05, 4.69) is 6.58 Å². The molecule has 0 aliphatic carbocycles. The van der Waals surface area contributed by atoms with E-state index in [-0.39, 0.29) is 12.0 Å². The molecule has 0 unspecified atom stereocenters. The van der Waals surface area contributed by atoms with Crippen molar-refractivity contribution < 1.29 is 19.1 Å². The van der Waals surface area contributed by atoms with Gasteiger partial charge in [0.25, 0.3) is 5.79 Å². The molecule has 0 N–H and O–H groups in total. The van der Waals surface area contributed by atoms with Gasteiger partial charge in [0.1, 0.15) is 12.0 Å². The molecule has 0 spiro atoms. The smallest absolute Gasteiger partial charge is 0.348 e. The van der Waals surface area contributed by atoms with E-state index in [1.807, 2.05) is 6.07 Å². The minimum absolute atomic E-state index is 0.276. The summed E-state index contributed by atoms with van der Waals surface area (Å²) < 4.78 is 10.2. The fourth-order valence-corrected chi connectivity index (χ4v) is 1.62. The number of ether oxygens (including phenoxy) is 2. The zero-order valence-electron chi connectivity index (χ0n) is 9.38. The predicted octanol–water partition coefficient (Wildman–Crippen LogP) is 1.41. The topological polar surface area (TPSA) is 76.4 Å². The van der Waals surface area contributed by atoms with Crippen LogP contribution in [0.5, 0.6) is 0 Å². The molecular formula is C13H9NO4. The molecule has 90 valence electrons. The molecular weight excluding hydrogens is 234 g/mol. The first kappa shape index (κ1) is 11.9. The van der Waals surface area contributed by atoms with Crippen molar-refractivity contribution in [1.29, 1.82) is 5.26 Å². The van der Waals surface area contributed by atoms with E-state index in [0.29, 0.717) is 5.56 Å². The summed E-state index contributed by atoms with van der Waals surface area (Å²) in [6.45, 7) is 3.26. The number of nitriles is 1. The maximum atomic E-state index is 11.5. The Labute approximate surface area is 103 Å². The number of nitrogens with zero attached hydrogens (tertiary/aromatic N) is 1. The number of rotatable bonds is 2. The molecule has 1 aromatic carbocycles. The molecule has 1 aliphatic rings. The van der Waals surface area contributed by atoms with Crippen molar-refractivity contribution >= 4 is 11.9 Å². The van der Waals surface area contributed by atoms with E-state index in [1.54, 1.807) is 30.3 Å². The third-order valence-corrected chi connectivity index (χ3v) is 2.53. The van der Waals surface area contributed by atoms with Crippen LogP contribution in [0.4, 0.5) is 0 Å². The van der Waals surface area contributed by atoms with Gasteiger partial charge >= 0.3 is 11.9 Å². The Morgan fingerprint density at radius 3 is 2.22 bits per heavy atom. The van der Waals surface area contributed by atoms with Crippen LogP contribution in [0.25, 0.3) is 0 Å². The van der Waals surface area contributed by atoms with E-state index in [1.165, 1.54) is 0 Å². The fraction of sp³-hybridized carbons (Fsp3) is 0.154. The number of benzene rings is 1. The first-order chi connectivity index (χ1) is 8.59. The Morgan fingerprint density at radius 2 is 1.72 bits per heavy atom. The number of hydrogen-bond donors (Lipinski definition) is 0. The number of hydrogen-bond acceptors (Lipinski definition) is 5. The van der Waals surface area contributed by atoms with E-state index < -0.39 is 17.7 Å². The summed E-state index contributed by atoms with van der Waals surface area (Å²) in [4.78, 5) is 23.1. The largest absolute Gasteiger partial charge is 0.413 e. The molecule has 5 heteroatoms. The summed E-state index contributed by atoms with van der Waals surface area (Å²) in [6.07, 6.45) is -0.276. The van der Waals surface area contributed by atoms with Gasteiger partial charge in [0.15, 0.2) is 0 Å². The summed E-state index contributed by atoms with van der Waals surface area (Å²) >= 11 is 0. The summed E-state index contributed by atoms with van der Waals surface area (Å²) in [5.74, 6) is -3.42. The maximum Gasteiger partial charge on any atom is 0.348 e. The highest BCUT2D eigenvalue weighted by molar-refractivity contribution is 6.14. The van der Waals surface area contributed by atoms with Crippen LogP contribution < -0.4 is 0 Å². The Kier molecular flexibility index (Phi) is 2.86. The summed E-state index contributed by atoms with van der Waals surface area (Å²) in [5, 5.41) is 8.83. The van der Waals surface area contributed by atoms with Gasteiger partial charge in [0.2, 0.25) is 0 Å². The van der Waals surface area contributed by atoms with Crippen molar-refractivity contribution in [3.63, 3.8) is 0 Å². The quantitative estimate of drug-likeness (QED) is 0.446. The first-order valence-electron chi connectivity index (χ1n) is 5.17. The van der Waals surface area contributed by atoms with E-state index in [9.17, 15) is 9.59 Å². The lowest BCUT2D eigenvalue weighted by atomic mass is 10.0. The van der Waals surface area contributed by atoms with Gasteiger partial charge in [-0.25, -0.2) is 9.59 Å². The van der Waals surface area contributed by atoms with E-state index in [4.69, 9.17) is 14.7 Å². The van der Waals surface area contributed by atoms with Gasteiger partial charge in [0, 0.05) is 5.56 Å². The van der Waals surface area contributed by atoms with Crippen LogP contribution in [0.2, 0.25) is 0 Å². The highest BCUT2D eigenvalue weighted by Gasteiger charge is 2.47. The monoisotopic (exact) mass is 243 g/mol.